The second kappa shape index (κ2) is 6.77. The van der Waals surface area contributed by atoms with E-state index in [0.717, 1.165) is 6.54 Å². The van der Waals surface area contributed by atoms with Crippen molar-refractivity contribution in [2.75, 3.05) is 12.4 Å². The Morgan fingerprint density at radius 1 is 0.952 bits per heavy atom. The van der Waals surface area contributed by atoms with E-state index in [-0.39, 0.29) is 0 Å². The fraction of sp³-hybridized carbons (Fsp3) is 0.368. The molecule has 0 bridgehead atoms. The first kappa shape index (κ1) is 14.2. The molecule has 2 nitrogen and oxygen atoms in total. The molecule has 21 heavy (non-hydrogen) atoms. The number of rotatable bonds is 5. The Hall–Kier alpha value is -1.80. The van der Waals surface area contributed by atoms with Gasteiger partial charge in [0, 0.05) is 19.3 Å². The SMILES string of the molecule is COCc1ccccc1CNc1cccc2c1CCCC2. The van der Waals surface area contributed by atoms with E-state index in [0.29, 0.717) is 6.61 Å². The summed E-state index contributed by atoms with van der Waals surface area (Å²) in [6.45, 7) is 1.53. The zero-order valence-corrected chi connectivity index (χ0v) is 12.7. The van der Waals surface area contributed by atoms with Crippen LogP contribution in [0.3, 0.4) is 0 Å². The van der Waals surface area contributed by atoms with Crippen LogP contribution in [-0.4, -0.2) is 7.11 Å². The minimum Gasteiger partial charge on any atom is -0.381 e. The van der Waals surface area contributed by atoms with Gasteiger partial charge in [-0.05, 0) is 54.0 Å². The number of hydrogen-bond acceptors (Lipinski definition) is 2. The summed E-state index contributed by atoms with van der Waals surface area (Å²) in [5, 5.41) is 3.63. The predicted octanol–water partition coefficient (Wildman–Crippen LogP) is 4.32. The van der Waals surface area contributed by atoms with Gasteiger partial charge in [0.05, 0.1) is 6.61 Å². The van der Waals surface area contributed by atoms with Crippen LogP contribution in [0.25, 0.3) is 0 Å². The van der Waals surface area contributed by atoms with Crippen molar-refractivity contribution in [3.8, 4) is 0 Å². The molecule has 0 fully saturated rings. The second-order valence-electron chi connectivity index (χ2n) is 5.71. The average molecular weight is 281 g/mol. The van der Waals surface area contributed by atoms with Gasteiger partial charge in [0.1, 0.15) is 0 Å². The van der Waals surface area contributed by atoms with Gasteiger partial charge < -0.3 is 10.1 Å². The molecule has 0 saturated carbocycles. The zero-order chi connectivity index (χ0) is 14.5. The van der Waals surface area contributed by atoms with Crippen LogP contribution in [0.4, 0.5) is 5.69 Å². The van der Waals surface area contributed by atoms with Crippen molar-refractivity contribution in [3.05, 3.63) is 64.7 Å². The first-order valence-corrected chi connectivity index (χ1v) is 7.79. The van der Waals surface area contributed by atoms with E-state index in [4.69, 9.17) is 4.74 Å². The minimum absolute atomic E-state index is 0.671. The summed E-state index contributed by atoms with van der Waals surface area (Å²) in [6, 6.07) is 15.1. The number of aryl methyl sites for hydroxylation is 1. The Labute approximate surface area is 127 Å². The number of ether oxygens (including phenoxy) is 1. The summed E-state index contributed by atoms with van der Waals surface area (Å²) in [5.41, 5.74) is 6.92. The molecule has 110 valence electrons. The molecule has 1 aliphatic rings. The predicted molar refractivity (Wildman–Crippen MR) is 87.6 cm³/mol. The molecule has 0 aromatic heterocycles. The minimum atomic E-state index is 0.671. The molecule has 0 atom stereocenters. The first-order valence-electron chi connectivity index (χ1n) is 7.79. The number of nitrogens with one attached hydrogen (secondary N) is 1. The van der Waals surface area contributed by atoms with Crippen LogP contribution in [0, 0.1) is 0 Å². The Balaban J connectivity index is 1.76. The van der Waals surface area contributed by atoms with Gasteiger partial charge in [-0.15, -0.1) is 0 Å². The first-order chi connectivity index (χ1) is 10.4. The topological polar surface area (TPSA) is 21.3 Å². The summed E-state index contributed by atoms with van der Waals surface area (Å²) in [6.07, 6.45) is 5.07. The summed E-state index contributed by atoms with van der Waals surface area (Å²) >= 11 is 0. The number of fused-ring (bicyclic) bond motifs is 1. The van der Waals surface area contributed by atoms with Crippen molar-refractivity contribution >= 4 is 5.69 Å². The van der Waals surface area contributed by atoms with Crippen molar-refractivity contribution < 1.29 is 4.74 Å². The molecule has 0 unspecified atom stereocenters. The lowest BCUT2D eigenvalue weighted by Gasteiger charge is -2.20. The lowest BCUT2D eigenvalue weighted by atomic mass is 9.90. The summed E-state index contributed by atoms with van der Waals surface area (Å²) in [7, 11) is 1.75. The van der Waals surface area contributed by atoms with Gasteiger partial charge in [0.15, 0.2) is 0 Å². The maximum Gasteiger partial charge on any atom is 0.0716 e. The molecular weight excluding hydrogens is 258 g/mol. The third-order valence-electron chi connectivity index (χ3n) is 4.28. The van der Waals surface area contributed by atoms with E-state index in [1.165, 1.54) is 53.6 Å². The van der Waals surface area contributed by atoms with Crippen LogP contribution < -0.4 is 5.32 Å². The van der Waals surface area contributed by atoms with Crippen molar-refractivity contribution in [2.24, 2.45) is 0 Å². The van der Waals surface area contributed by atoms with Crippen LogP contribution in [0.1, 0.15) is 35.1 Å². The normalized spacial score (nSPS) is 13.8. The lowest BCUT2D eigenvalue weighted by molar-refractivity contribution is 0.184. The van der Waals surface area contributed by atoms with Crippen LogP contribution in [0.2, 0.25) is 0 Å². The largest absolute Gasteiger partial charge is 0.381 e. The molecule has 3 rings (SSSR count). The van der Waals surface area contributed by atoms with E-state index in [1.54, 1.807) is 7.11 Å². The van der Waals surface area contributed by atoms with E-state index in [9.17, 15) is 0 Å². The van der Waals surface area contributed by atoms with Crippen molar-refractivity contribution in [3.63, 3.8) is 0 Å². The molecule has 0 amide bonds. The lowest BCUT2D eigenvalue weighted by Crippen LogP contribution is -2.09. The molecule has 1 N–H and O–H groups in total. The summed E-state index contributed by atoms with van der Waals surface area (Å²) in [5.74, 6) is 0. The van der Waals surface area contributed by atoms with Gasteiger partial charge in [0.2, 0.25) is 0 Å². The quantitative estimate of drug-likeness (QED) is 0.881. The van der Waals surface area contributed by atoms with E-state index < -0.39 is 0 Å². The van der Waals surface area contributed by atoms with E-state index >= 15 is 0 Å². The van der Waals surface area contributed by atoms with E-state index in [1.807, 2.05) is 0 Å². The van der Waals surface area contributed by atoms with Gasteiger partial charge >= 0.3 is 0 Å². The Bertz CT molecular complexity index is 606. The molecule has 2 aromatic carbocycles. The van der Waals surface area contributed by atoms with Gasteiger partial charge in [-0.2, -0.15) is 0 Å². The zero-order valence-electron chi connectivity index (χ0n) is 12.7. The second-order valence-corrected chi connectivity index (χ2v) is 5.71. The van der Waals surface area contributed by atoms with Gasteiger partial charge in [-0.1, -0.05) is 36.4 Å². The van der Waals surface area contributed by atoms with Crippen molar-refractivity contribution in [1.82, 2.24) is 0 Å². The highest BCUT2D eigenvalue weighted by Gasteiger charge is 2.12. The molecule has 1 aliphatic carbocycles. The highest BCUT2D eigenvalue weighted by atomic mass is 16.5. The van der Waals surface area contributed by atoms with Crippen molar-refractivity contribution in [1.29, 1.82) is 0 Å². The maximum atomic E-state index is 5.28. The van der Waals surface area contributed by atoms with Crippen LogP contribution in [-0.2, 0) is 30.7 Å². The molecule has 2 heteroatoms. The van der Waals surface area contributed by atoms with Crippen molar-refractivity contribution in [2.45, 2.75) is 38.8 Å². The maximum absolute atomic E-state index is 5.28. The summed E-state index contributed by atoms with van der Waals surface area (Å²) < 4.78 is 5.28. The third-order valence-corrected chi connectivity index (χ3v) is 4.28. The Morgan fingerprint density at radius 2 is 1.76 bits per heavy atom. The molecule has 0 spiro atoms. The highest BCUT2D eigenvalue weighted by Crippen LogP contribution is 2.28. The van der Waals surface area contributed by atoms with Gasteiger partial charge in [-0.25, -0.2) is 0 Å². The molecule has 2 aromatic rings. The molecular formula is C19H23NO. The number of benzene rings is 2. The molecule has 0 radical (unpaired) electrons. The monoisotopic (exact) mass is 281 g/mol. The van der Waals surface area contributed by atoms with Gasteiger partial charge in [-0.3, -0.25) is 0 Å². The molecule has 0 heterocycles. The number of hydrogen-bond donors (Lipinski definition) is 1. The van der Waals surface area contributed by atoms with Crippen LogP contribution in [0.5, 0.6) is 0 Å². The molecule has 0 saturated heterocycles. The van der Waals surface area contributed by atoms with E-state index in [2.05, 4.69) is 47.8 Å². The summed E-state index contributed by atoms with van der Waals surface area (Å²) in [4.78, 5) is 0. The van der Waals surface area contributed by atoms with Crippen LogP contribution >= 0.6 is 0 Å². The number of methoxy groups -OCH3 is 1. The smallest absolute Gasteiger partial charge is 0.0716 e. The fourth-order valence-electron chi connectivity index (χ4n) is 3.16. The van der Waals surface area contributed by atoms with Gasteiger partial charge in [0.25, 0.3) is 0 Å². The third kappa shape index (κ3) is 3.27. The Kier molecular flexibility index (Phi) is 4.56. The van der Waals surface area contributed by atoms with Crippen LogP contribution in [0.15, 0.2) is 42.5 Å². The number of anilines is 1. The standard InChI is InChI=1S/C19H23NO/c1-21-14-17-9-3-2-8-16(17)13-20-19-12-6-10-15-7-4-5-11-18(15)19/h2-3,6,8-10,12,20H,4-5,7,11,13-14H2,1H3. The molecule has 0 aliphatic heterocycles. The average Bonchev–Trinajstić information content (AvgIpc) is 2.54. The highest BCUT2D eigenvalue weighted by molar-refractivity contribution is 5.56. The fourth-order valence-corrected chi connectivity index (χ4v) is 3.16. The Morgan fingerprint density at radius 3 is 2.62 bits per heavy atom.